The third-order valence-corrected chi connectivity index (χ3v) is 3.19. The smallest absolute Gasteiger partial charge is 0.328 e. The van der Waals surface area contributed by atoms with Crippen LogP contribution in [0.2, 0.25) is 0 Å². The molecule has 0 aliphatic carbocycles. The Morgan fingerprint density at radius 1 is 1.39 bits per heavy atom. The minimum absolute atomic E-state index is 0.132. The zero-order valence-electron chi connectivity index (χ0n) is 10.3. The fraction of sp³-hybridized carbons (Fsp3) is 0.364. The van der Waals surface area contributed by atoms with Crippen molar-refractivity contribution in [2.45, 2.75) is 25.6 Å². The molecule has 0 spiro atoms. The number of nitrogen functional groups attached to an aromatic ring is 1. The molecular formula is C11H17N3O3S. The molecule has 0 saturated heterocycles. The number of hydrogen-bond acceptors (Lipinski definition) is 4. The molecule has 0 fully saturated rings. The second-order valence-corrected chi connectivity index (χ2v) is 5.96. The minimum atomic E-state index is -3.71. The lowest BCUT2D eigenvalue weighted by Gasteiger charge is -2.10. The van der Waals surface area contributed by atoms with Gasteiger partial charge in [0.15, 0.2) is 0 Å². The van der Waals surface area contributed by atoms with E-state index in [0.29, 0.717) is 11.3 Å². The van der Waals surface area contributed by atoms with Gasteiger partial charge in [0, 0.05) is 11.7 Å². The van der Waals surface area contributed by atoms with Crippen LogP contribution < -0.4 is 15.8 Å². The predicted molar refractivity (Wildman–Crippen MR) is 70.3 cm³/mol. The summed E-state index contributed by atoms with van der Waals surface area (Å²) in [6, 6.07) is 5.65. The molecule has 6 nitrogen and oxygen atoms in total. The Hall–Kier alpha value is -1.76. The van der Waals surface area contributed by atoms with Crippen molar-refractivity contribution < 1.29 is 13.2 Å². The van der Waals surface area contributed by atoms with E-state index in [4.69, 9.17) is 5.73 Å². The number of anilines is 1. The van der Waals surface area contributed by atoms with E-state index < -0.39 is 16.1 Å². The van der Waals surface area contributed by atoms with Gasteiger partial charge in [-0.05, 0) is 31.5 Å². The number of nitrogens with two attached hydrogens (primary N) is 1. The molecule has 1 aromatic carbocycles. The van der Waals surface area contributed by atoms with E-state index in [0.717, 1.165) is 0 Å². The first-order valence-corrected chi connectivity index (χ1v) is 7.09. The Kier molecular flexibility index (Phi) is 4.55. The molecule has 0 atom stereocenters. The van der Waals surface area contributed by atoms with E-state index in [1.54, 1.807) is 38.1 Å². The van der Waals surface area contributed by atoms with Gasteiger partial charge in [-0.25, -0.2) is 17.9 Å². The van der Waals surface area contributed by atoms with Crippen LogP contribution in [-0.4, -0.2) is 20.5 Å². The summed E-state index contributed by atoms with van der Waals surface area (Å²) in [4.78, 5) is 11.3. The topological polar surface area (TPSA) is 101 Å². The van der Waals surface area contributed by atoms with Crippen LogP contribution in [0.3, 0.4) is 0 Å². The summed E-state index contributed by atoms with van der Waals surface area (Å²) in [5, 5.41) is 2.44. The first-order chi connectivity index (χ1) is 8.28. The summed E-state index contributed by atoms with van der Waals surface area (Å²) in [5.74, 6) is -0.288. The molecule has 0 aromatic heterocycles. The first kappa shape index (κ1) is 14.3. The van der Waals surface area contributed by atoms with E-state index >= 15 is 0 Å². The van der Waals surface area contributed by atoms with Crippen LogP contribution >= 0.6 is 0 Å². The van der Waals surface area contributed by atoms with Gasteiger partial charge in [-0.15, -0.1) is 0 Å². The van der Waals surface area contributed by atoms with Crippen molar-refractivity contribution in [2.24, 2.45) is 0 Å². The molecule has 0 unspecified atom stereocenters. The summed E-state index contributed by atoms with van der Waals surface area (Å²) in [6.07, 6.45) is 0. The summed E-state index contributed by atoms with van der Waals surface area (Å²) in [6.45, 7) is 3.48. The maximum Gasteiger partial charge on any atom is 0.328 e. The van der Waals surface area contributed by atoms with Gasteiger partial charge < -0.3 is 11.1 Å². The van der Waals surface area contributed by atoms with E-state index in [-0.39, 0.29) is 11.8 Å². The predicted octanol–water partition coefficient (Wildman–Crippen LogP) is 0.806. The molecule has 0 aliphatic rings. The highest BCUT2D eigenvalue weighted by molar-refractivity contribution is 7.89. The van der Waals surface area contributed by atoms with Gasteiger partial charge in [-0.2, -0.15) is 0 Å². The molecule has 2 amide bonds. The normalized spacial score (nSPS) is 11.3. The van der Waals surface area contributed by atoms with Crippen molar-refractivity contribution in [2.75, 3.05) is 5.73 Å². The summed E-state index contributed by atoms with van der Waals surface area (Å²) >= 11 is 0. The van der Waals surface area contributed by atoms with Crippen LogP contribution in [-0.2, 0) is 15.8 Å². The number of amides is 2. The molecule has 1 aromatic rings. The van der Waals surface area contributed by atoms with Crippen molar-refractivity contribution in [1.82, 2.24) is 10.0 Å². The fourth-order valence-electron chi connectivity index (χ4n) is 1.37. The highest BCUT2D eigenvalue weighted by Crippen LogP contribution is 2.09. The Morgan fingerprint density at radius 2 is 2.06 bits per heavy atom. The highest BCUT2D eigenvalue weighted by atomic mass is 32.2. The molecule has 100 valence electrons. The Balaban J connectivity index is 2.68. The Labute approximate surface area is 107 Å². The van der Waals surface area contributed by atoms with Crippen molar-refractivity contribution in [3.05, 3.63) is 29.8 Å². The molecule has 0 radical (unpaired) electrons. The minimum Gasteiger partial charge on any atom is -0.399 e. The maximum atomic E-state index is 11.7. The molecule has 0 heterocycles. The molecular weight excluding hydrogens is 254 g/mol. The van der Waals surface area contributed by atoms with E-state index in [9.17, 15) is 13.2 Å². The number of hydrogen-bond donors (Lipinski definition) is 3. The number of carbonyl (C=O) groups is 1. The average Bonchev–Trinajstić information content (AvgIpc) is 2.13. The number of nitrogens with one attached hydrogen (secondary N) is 2. The number of carbonyl (C=O) groups excluding carboxylic acids is 1. The lowest BCUT2D eigenvalue weighted by Crippen LogP contribution is -2.42. The Bertz CT molecular complexity index is 526. The lowest BCUT2D eigenvalue weighted by molar-refractivity contribution is 0.243. The first-order valence-electron chi connectivity index (χ1n) is 5.44. The van der Waals surface area contributed by atoms with Crippen LogP contribution in [0.25, 0.3) is 0 Å². The van der Waals surface area contributed by atoms with Crippen LogP contribution in [0, 0.1) is 0 Å². The number of benzene rings is 1. The van der Waals surface area contributed by atoms with Crippen molar-refractivity contribution >= 4 is 21.7 Å². The van der Waals surface area contributed by atoms with Gasteiger partial charge >= 0.3 is 6.03 Å². The molecule has 7 heteroatoms. The van der Waals surface area contributed by atoms with Gasteiger partial charge in [-0.1, -0.05) is 12.1 Å². The van der Waals surface area contributed by atoms with Gasteiger partial charge in [0.2, 0.25) is 10.0 Å². The van der Waals surface area contributed by atoms with Gasteiger partial charge in [0.05, 0.1) is 5.75 Å². The number of sulfonamides is 1. The standard InChI is InChI=1S/C11H17N3O3S/c1-8(2)13-11(15)14-18(16,17)7-9-4-3-5-10(12)6-9/h3-6,8H,7,12H2,1-2H3,(H2,13,14,15). The zero-order chi connectivity index (χ0) is 13.8. The number of rotatable bonds is 4. The molecule has 18 heavy (non-hydrogen) atoms. The maximum absolute atomic E-state index is 11.7. The summed E-state index contributed by atoms with van der Waals surface area (Å²) in [7, 11) is -3.71. The Morgan fingerprint density at radius 3 is 2.61 bits per heavy atom. The summed E-state index contributed by atoms with van der Waals surface area (Å²) in [5.41, 5.74) is 6.56. The summed E-state index contributed by atoms with van der Waals surface area (Å²) < 4.78 is 25.3. The van der Waals surface area contributed by atoms with E-state index in [2.05, 4.69) is 5.32 Å². The second kappa shape index (κ2) is 5.72. The third-order valence-electron chi connectivity index (χ3n) is 1.98. The van der Waals surface area contributed by atoms with Crippen molar-refractivity contribution in [3.63, 3.8) is 0 Å². The second-order valence-electron chi connectivity index (χ2n) is 4.23. The van der Waals surface area contributed by atoms with Crippen molar-refractivity contribution in [3.8, 4) is 0 Å². The fourth-order valence-corrected chi connectivity index (χ4v) is 2.40. The van der Waals surface area contributed by atoms with Crippen LogP contribution in [0.15, 0.2) is 24.3 Å². The lowest BCUT2D eigenvalue weighted by atomic mass is 10.2. The number of urea groups is 1. The van der Waals surface area contributed by atoms with Crippen molar-refractivity contribution in [1.29, 1.82) is 0 Å². The monoisotopic (exact) mass is 271 g/mol. The van der Waals surface area contributed by atoms with Gasteiger partial charge in [-0.3, -0.25) is 0 Å². The molecule has 1 rings (SSSR count). The molecule has 0 aliphatic heterocycles. The molecule has 0 bridgehead atoms. The van der Waals surface area contributed by atoms with Gasteiger partial charge in [0.25, 0.3) is 0 Å². The largest absolute Gasteiger partial charge is 0.399 e. The average molecular weight is 271 g/mol. The SMILES string of the molecule is CC(C)NC(=O)NS(=O)(=O)Cc1cccc(N)c1. The molecule has 0 saturated carbocycles. The van der Waals surface area contributed by atoms with Gasteiger partial charge in [0.1, 0.15) is 0 Å². The van der Waals surface area contributed by atoms with E-state index in [1.165, 1.54) is 0 Å². The third kappa shape index (κ3) is 5.05. The molecule has 4 N–H and O–H groups in total. The van der Waals surface area contributed by atoms with Crippen LogP contribution in [0.4, 0.5) is 10.5 Å². The van der Waals surface area contributed by atoms with E-state index in [1.807, 2.05) is 4.72 Å². The quantitative estimate of drug-likeness (QED) is 0.705. The van der Waals surface area contributed by atoms with Crippen LogP contribution in [0.5, 0.6) is 0 Å². The highest BCUT2D eigenvalue weighted by Gasteiger charge is 2.15. The van der Waals surface area contributed by atoms with Crippen LogP contribution in [0.1, 0.15) is 19.4 Å². The zero-order valence-corrected chi connectivity index (χ0v) is 11.1.